The van der Waals surface area contributed by atoms with E-state index in [9.17, 15) is 0 Å². The lowest BCUT2D eigenvalue weighted by molar-refractivity contribution is 0.158. The summed E-state index contributed by atoms with van der Waals surface area (Å²) in [5.41, 5.74) is 5.22. The molecule has 0 fully saturated rings. The molecule has 2 rings (SSSR count). The summed E-state index contributed by atoms with van der Waals surface area (Å²) >= 11 is 0. The van der Waals surface area contributed by atoms with Crippen molar-refractivity contribution in [1.82, 2.24) is 0 Å². The van der Waals surface area contributed by atoms with Crippen LogP contribution >= 0.6 is 0 Å². The summed E-state index contributed by atoms with van der Waals surface area (Å²) in [5.74, 6) is 1.03. The van der Waals surface area contributed by atoms with Gasteiger partial charge in [0.2, 0.25) is 0 Å². The van der Waals surface area contributed by atoms with Crippen LogP contribution in [0.4, 0.5) is 0 Å². The SMILES string of the molecule is CCc1c(C)cc2c(c1C)C=CC(C)(C)O2. The van der Waals surface area contributed by atoms with E-state index in [2.05, 4.69) is 52.8 Å². The van der Waals surface area contributed by atoms with E-state index in [0.29, 0.717) is 0 Å². The second-order valence-corrected chi connectivity index (χ2v) is 5.10. The Morgan fingerprint density at radius 1 is 1.25 bits per heavy atom. The first kappa shape index (κ1) is 11.3. The third-order valence-corrected chi connectivity index (χ3v) is 3.32. The molecular weight excluding hydrogens is 196 g/mol. The van der Waals surface area contributed by atoms with Crippen molar-refractivity contribution in [3.05, 3.63) is 34.4 Å². The molecule has 1 heteroatoms. The van der Waals surface area contributed by atoms with Crippen molar-refractivity contribution >= 4 is 6.08 Å². The molecule has 0 N–H and O–H groups in total. The van der Waals surface area contributed by atoms with Crippen LogP contribution in [-0.4, -0.2) is 5.60 Å². The number of fused-ring (bicyclic) bond motifs is 1. The minimum Gasteiger partial charge on any atom is -0.483 e. The van der Waals surface area contributed by atoms with Gasteiger partial charge in [-0.3, -0.25) is 0 Å². The summed E-state index contributed by atoms with van der Waals surface area (Å²) in [5, 5.41) is 0. The summed E-state index contributed by atoms with van der Waals surface area (Å²) in [7, 11) is 0. The Kier molecular flexibility index (Phi) is 2.57. The zero-order valence-corrected chi connectivity index (χ0v) is 10.8. The highest BCUT2D eigenvalue weighted by Gasteiger charge is 2.23. The van der Waals surface area contributed by atoms with Crippen LogP contribution in [0.15, 0.2) is 12.1 Å². The van der Waals surface area contributed by atoms with Crippen molar-refractivity contribution in [2.45, 2.75) is 46.6 Å². The maximum Gasteiger partial charge on any atom is 0.128 e. The second kappa shape index (κ2) is 3.65. The molecule has 0 saturated heterocycles. The smallest absolute Gasteiger partial charge is 0.128 e. The van der Waals surface area contributed by atoms with E-state index >= 15 is 0 Å². The molecule has 1 aromatic rings. The Labute approximate surface area is 98.1 Å². The van der Waals surface area contributed by atoms with E-state index in [1.54, 1.807) is 0 Å². The normalized spacial score (nSPS) is 16.8. The first-order valence-corrected chi connectivity index (χ1v) is 5.96. The molecule has 0 amide bonds. The van der Waals surface area contributed by atoms with E-state index in [1.165, 1.54) is 22.3 Å². The Bertz CT molecular complexity index is 453. The summed E-state index contributed by atoms with van der Waals surface area (Å²) in [6.07, 6.45) is 5.42. The number of aryl methyl sites for hydroxylation is 1. The van der Waals surface area contributed by atoms with Gasteiger partial charge in [-0.1, -0.05) is 13.0 Å². The van der Waals surface area contributed by atoms with Crippen LogP contribution in [0.3, 0.4) is 0 Å². The fraction of sp³-hybridized carbons (Fsp3) is 0.467. The first-order valence-electron chi connectivity index (χ1n) is 5.96. The highest BCUT2D eigenvalue weighted by molar-refractivity contribution is 5.67. The molecular formula is C15H20O. The molecule has 16 heavy (non-hydrogen) atoms. The minimum atomic E-state index is -0.181. The summed E-state index contributed by atoms with van der Waals surface area (Å²) in [6.45, 7) is 10.7. The van der Waals surface area contributed by atoms with Crippen molar-refractivity contribution in [3.8, 4) is 5.75 Å². The van der Waals surface area contributed by atoms with Gasteiger partial charge < -0.3 is 4.74 Å². The van der Waals surface area contributed by atoms with Crippen molar-refractivity contribution < 1.29 is 4.74 Å². The summed E-state index contributed by atoms with van der Waals surface area (Å²) in [4.78, 5) is 0. The second-order valence-electron chi connectivity index (χ2n) is 5.10. The third-order valence-electron chi connectivity index (χ3n) is 3.32. The highest BCUT2D eigenvalue weighted by Crippen LogP contribution is 2.36. The lowest BCUT2D eigenvalue weighted by Gasteiger charge is -2.29. The van der Waals surface area contributed by atoms with Crippen molar-refractivity contribution in [2.24, 2.45) is 0 Å². The average Bonchev–Trinajstić information content (AvgIpc) is 2.16. The Morgan fingerprint density at radius 3 is 2.56 bits per heavy atom. The highest BCUT2D eigenvalue weighted by atomic mass is 16.5. The molecule has 0 bridgehead atoms. The quantitative estimate of drug-likeness (QED) is 0.688. The van der Waals surface area contributed by atoms with Crippen LogP contribution in [0.1, 0.15) is 43.0 Å². The van der Waals surface area contributed by atoms with Gasteiger partial charge in [-0.2, -0.15) is 0 Å². The number of rotatable bonds is 1. The lowest BCUT2D eigenvalue weighted by atomic mass is 9.92. The van der Waals surface area contributed by atoms with Gasteiger partial charge in [-0.05, 0) is 62.9 Å². The van der Waals surface area contributed by atoms with Crippen LogP contribution in [0, 0.1) is 13.8 Å². The van der Waals surface area contributed by atoms with Gasteiger partial charge in [-0.15, -0.1) is 0 Å². The predicted octanol–water partition coefficient (Wildman–Crippen LogP) is 4.05. The van der Waals surface area contributed by atoms with E-state index < -0.39 is 0 Å². The van der Waals surface area contributed by atoms with Gasteiger partial charge >= 0.3 is 0 Å². The predicted molar refractivity (Wildman–Crippen MR) is 69.0 cm³/mol. The van der Waals surface area contributed by atoms with Gasteiger partial charge in [-0.25, -0.2) is 0 Å². The van der Waals surface area contributed by atoms with E-state index in [0.717, 1.165) is 12.2 Å². The molecule has 0 unspecified atom stereocenters. The average molecular weight is 216 g/mol. The molecule has 0 aromatic heterocycles. The maximum atomic E-state index is 5.99. The van der Waals surface area contributed by atoms with Gasteiger partial charge in [0.1, 0.15) is 11.4 Å². The van der Waals surface area contributed by atoms with Gasteiger partial charge in [0, 0.05) is 5.56 Å². The topological polar surface area (TPSA) is 9.23 Å². The molecule has 1 aliphatic heterocycles. The molecule has 1 nitrogen and oxygen atoms in total. The third kappa shape index (κ3) is 1.75. The number of hydrogen-bond acceptors (Lipinski definition) is 1. The molecule has 0 saturated carbocycles. The molecule has 0 atom stereocenters. The van der Waals surface area contributed by atoms with Crippen LogP contribution in [0.2, 0.25) is 0 Å². The van der Waals surface area contributed by atoms with E-state index in [4.69, 9.17) is 4.74 Å². The Hall–Kier alpha value is -1.24. The molecule has 1 aromatic carbocycles. The zero-order chi connectivity index (χ0) is 11.9. The first-order chi connectivity index (χ1) is 7.44. The van der Waals surface area contributed by atoms with Crippen LogP contribution in [0.25, 0.3) is 6.08 Å². The van der Waals surface area contributed by atoms with Crippen molar-refractivity contribution in [3.63, 3.8) is 0 Å². The molecule has 1 heterocycles. The lowest BCUT2D eigenvalue weighted by Crippen LogP contribution is -2.28. The number of hydrogen-bond donors (Lipinski definition) is 0. The van der Waals surface area contributed by atoms with Crippen molar-refractivity contribution in [2.75, 3.05) is 0 Å². The van der Waals surface area contributed by atoms with Crippen molar-refractivity contribution in [1.29, 1.82) is 0 Å². The largest absolute Gasteiger partial charge is 0.483 e. The fourth-order valence-corrected chi connectivity index (χ4v) is 2.44. The van der Waals surface area contributed by atoms with Gasteiger partial charge in [0.15, 0.2) is 0 Å². The Morgan fingerprint density at radius 2 is 1.94 bits per heavy atom. The number of benzene rings is 1. The standard InChI is InChI=1S/C15H20O/c1-6-12-10(2)9-14-13(11(12)3)7-8-15(4,5)16-14/h7-9H,6H2,1-5H3. The van der Waals surface area contributed by atoms with Crippen LogP contribution in [0.5, 0.6) is 5.75 Å². The summed E-state index contributed by atoms with van der Waals surface area (Å²) in [6, 6.07) is 2.17. The van der Waals surface area contributed by atoms with E-state index in [1.807, 2.05) is 0 Å². The number of ether oxygens (including phenoxy) is 1. The molecule has 86 valence electrons. The maximum absolute atomic E-state index is 5.99. The monoisotopic (exact) mass is 216 g/mol. The summed E-state index contributed by atoms with van der Waals surface area (Å²) < 4.78 is 5.99. The van der Waals surface area contributed by atoms with Gasteiger partial charge in [0.25, 0.3) is 0 Å². The fourth-order valence-electron chi connectivity index (χ4n) is 2.44. The van der Waals surface area contributed by atoms with Crippen LogP contribution < -0.4 is 4.74 Å². The molecule has 1 aliphatic rings. The molecule has 0 radical (unpaired) electrons. The minimum absolute atomic E-state index is 0.181. The Balaban J connectivity index is 2.61. The van der Waals surface area contributed by atoms with Crippen LogP contribution in [-0.2, 0) is 6.42 Å². The zero-order valence-electron chi connectivity index (χ0n) is 10.8. The van der Waals surface area contributed by atoms with E-state index in [-0.39, 0.29) is 5.60 Å². The van der Waals surface area contributed by atoms with Gasteiger partial charge in [0.05, 0.1) is 0 Å². The molecule has 0 spiro atoms. The molecule has 0 aliphatic carbocycles.